The van der Waals surface area contributed by atoms with Gasteiger partial charge in [0.25, 0.3) is 0 Å². The van der Waals surface area contributed by atoms with Crippen molar-refractivity contribution in [1.82, 2.24) is 9.80 Å². The molecule has 1 aliphatic rings. The first-order valence-electron chi connectivity index (χ1n) is 6.37. The van der Waals surface area contributed by atoms with Crippen LogP contribution in [0.25, 0.3) is 6.08 Å². The van der Waals surface area contributed by atoms with Crippen molar-refractivity contribution in [3.63, 3.8) is 0 Å². The quantitative estimate of drug-likeness (QED) is 0.740. The highest BCUT2D eigenvalue weighted by molar-refractivity contribution is 5.91. The van der Waals surface area contributed by atoms with Gasteiger partial charge in [-0.15, -0.1) is 0 Å². The molecule has 0 N–H and O–H groups in total. The summed E-state index contributed by atoms with van der Waals surface area (Å²) in [4.78, 5) is 16.1. The summed E-state index contributed by atoms with van der Waals surface area (Å²) in [6, 6.07) is 8.16. The lowest BCUT2D eigenvalue weighted by Gasteiger charge is -2.31. The minimum Gasteiger partial charge on any atom is -0.337 e. The van der Waals surface area contributed by atoms with Crippen molar-refractivity contribution >= 4 is 12.0 Å². The number of amides is 1. The van der Waals surface area contributed by atoms with Crippen LogP contribution in [-0.2, 0) is 4.79 Å². The number of likely N-dealkylation sites (N-methyl/N-ethyl adjacent to an activating group) is 1. The standard InChI is InChI=1S/C15H20N2O/c1-13-4-3-5-14(12-13)6-7-15(18)17-10-8-16(2)9-11-17/h3-7,12H,8-11H2,1-2H3/b7-6+. The Labute approximate surface area is 109 Å². The molecule has 0 spiro atoms. The summed E-state index contributed by atoms with van der Waals surface area (Å²) in [5.41, 5.74) is 2.29. The zero-order chi connectivity index (χ0) is 13.0. The summed E-state index contributed by atoms with van der Waals surface area (Å²) in [5.74, 6) is 0.115. The minimum atomic E-state index is 0.115. The molecule has 2 rings (SSSR count). The van der Waals surface area contributed by atoms with Gasteiger partial charge in [-0.1, -0.05) is 29.8 Å². The maximum Gasteiger partial charge on any atom is 0.246 e. The minimum absolute atomic E-state index is 0.115. The van der Waals surface area contributed by atoms with E-state index in [0.717, 1.165) is 31.7 Å². The molecular formula is C15H20N2O. The van der Waals surface area contributed by atoms with E-state index in [1.165, 1.54) is 5.56 Å². The van der Waals surface area contributed by atoms with Crippen molar-refractivity contribution in [3.8, 4) is 0 Å². The van der Waals surface area contributed by atoms with Gasteiger partial charge >= 0.3 is 0 Å². The number of aryl methyl sites for hydroxylation is 1. The van der Waals surface area contributed by atoms with Gasteiger partial charge in [0.1, 0.15) is 0 Å². The van der Waals surface area contributed by atoms with Gasteiger partial charge in [0.15, 0.2) is 0 Å². The van der Waals surface area contributed by atoms with Gasteiger partial charge in [0, 0.05) is 32.3 Å². The molecule has 1 saturated heterocycles. The molecule has 0 aromatic heterocycles. The smallest absolute Gasteiger partial charge is 0.246 e. The van der Waals surface area contributed by atoms with Crippen LogP contribution in [0.5, 0.6) is 0 Å². The summed E-state index contributed by atoms with van der Waals surface area (Å²) in [6.07, 6.45) is 3.58. The summed E-state index contributed by atoms with van der Waals surface area (Å²) < 4.78 is 0. The van der Waals surface area contributed by atoms with Crippen LogP contribution in [0.2, 0.25) is 0 Å². The lowest BCUT2D eigenvalue weighted by atomic mass is 10.1. The maximum absolute atomic E-state index is 12.0. The number of carbonyl (C=O) groups excluding carboxylic acids is 1. The molecule has 1 aliphatic heterocycles. The molecule has 0 bridgehead atoms. The molecule has 96 valence electrons. The number of rotatable bonds is 2. The third-order valence-corrected chi connectivity index (χ3v) is 3.28. The average Bonchev–Trinajstić information content (AvgIpc) is 2.37. The van der Waals surface area contributed by atoms with Crippen LogP contribution < -0.4 is 0 Å². The Bertz CT molecular complexity index is 446. The monoisotopic (exact) mass is 244 g/mol. The molecule has 0 radical (unpaired) electrons. The Hall–Kier alpha value is -1.61. The molecule has 1 amide bonds. The first-order valence-corrected chi connectivity index (χ1v) is 6.37. The fourth-order valence-corrected chi connectivity index (χ4v) is 2.07. The Kier molecular flexibility index (Phi) is 4.15. The van der Waals surface area contributed by atoms with Gasteiger partial charge in [-0.3, -0.25) is 4.79 Å². The maximum atomic E-state index is 12.0. The fourth-order valence-electron chi connectivity index (χ4n) is 2.07. The SMILES string of the molecule is Cc1cccc(/C=C/C(=O)N2CCN(C)CC2)c1. The molecule has 1 aromatic carbocycles. The molecule has 18 heavy (non-hydrogen) atoms. The topological polar surface area (TPSA) is 23.6 Å². The highest BCUT2D eigenvalue weighted by Gasteiger charge is 2.16. The Morgan fingerprint density at radius 3 is 2.61 bits per heavy atom. The van der Waals surface area contributed by atoms with Crippen LogP contribution in [0.3, 0.4) is 0 Å². The van der Waals surface area contributed by atoms with E-state index in [2.05, 4.69) is 31.0 Å². The Morgan fingerprint density at radius 1 is 1.22 bits per heavy atom. The van der Waals surface area contributed by atoms with Crippen molar-refractivity contribution in [2.75, 3.05) is 33.2 Å². The highest BCUT2D eigenvalue weighted by Crippen LogP contribution is 2.07. The summed E-state index contributed by atoms with van der Waals surface area (Å²) >= 11 is 0. The van der Waals surface area contributed by atoms with Gasteiger partial charge in [-0.05, 0) is 25.6 Å². The van der Waals surface area contributed by atoms with Gasteiger partial charge in [0.05, 0.1) is 0 Å². The van der Waals surface area contributed by atoms with E-state index in [-0.39, 0.29) is 5.91 Å². The van der Waals surface area contributed by atoms with Gasteiger partial charge in [-0.2, -0.15) is 0 Å². The zero-order valence-corrected chi connectivity index (χ0v) is 11.1. The lowest BCUT2D eigenvalue weighted by molar-refractivity contribution is -0.127. The largest absolute Gasteiger partial charge is 0.337 e. The van der Waals surface area contributed by atoms with Crippen molar-refractivity contribution in [3.05, 3.63) is 41.5 Å². The predicted molar refractivity (Wildman–Crippen MR) is 74.3 cm³/mol. The first kappa shape index (κ1) is 12.8. The summed E-state index contributed by atoms with van der Waals surface area (Å²) in [6.45, 7) is 5.63. The van der Waals surface area contributed by atoms with Crippen molar-refractivity contribution in [1.29, 1.82) is 0 Å². The molecule has 0 aliphatic carbocycles. The van der Waals surface area contributed by atoms with Crippen LogP contribution in [0.4, 0.5) is 0 Å². The number of nitrogens with zero attached hydrogens (tertiary/aromatic N) is 2. The van der Waals surface area contributed by atoms with Crippen LogP contribution >= 0.6 is 0 Å². The molecule has 1 heterocycles. The van der Waals surface area contributed by atoms with Crippen LogP contribution in [0, 0.1) is 6.92 Å². The normalized spacial score (nSPS) is 17.3. The Morgan fingerprint density at radius 2 is 1.94 bits per heavy atom. The highest BCUT2D eigenvalue weighted by atomic mass is 16.2. The van der Waals surface area contributed by atoms with Crippen LogP contribution in [0.15, 0.2) is 30.3 Å². The van der Waals surface area contributed by atoms with E-state index >= 15 is 0 Å². The van der Waals surface area contributed by atoms with Gasteiger partial charge in [0.2, 0.25) is 5.91 Å². The molecule has 0 saturated carbocycles. The summed E-state index contributed by atoms with van der Waals surface area (Å²) in [5, 5.41) is 0. The number of hydrogen-bond donors (Lipinski definition) is 0. The summed E-state index contributed by atoms with van der Waals surface area (Å²) in [7, 11) is 2.09. The van der Waals surface area contributed by atoms with Crippen LogP contribution in [0.1, 0.15) is 11.1 Å². The van der Waals surface area contributed by atoms with Crippen molar-refractivity contribution < 1.29 is 4.79 Å². The number of hydrogen-bond acceptors (Lipinski definition) is 2. The molecule has 0 atom stereocenters. The van der Waals surface area contributed by atoms with Crippen molar-refractivity contribution in [2.45, 2.75) is 6.92 Å². The third kappa shape index (κ3) is 3.44. The molecule has 3 heteroatoms. The zero-order valence-electron chi connectivity index (χ0n) is 11.1. The molecule has 0 unspecified atom stereocenters. The number of benzene rings is 1. The van der Waals surface area contributed by atoms with E-state index in [9.17, 15) is 4.79 Å². The van der Waals surface area contributed by atoms with E-state index in [1.54, 1.807) is 6.08 Å². The van der Waals surface area contributed by atoms with Crippen LogP contribution in [-0.4, -0.2) is 48.9 Å². The van der Waals surface area contributed by atoms with Crippen molar-refractivity contribution in [2.24, 2.45) is 0 Å². The lowest BCUT2D eigenvalue weighted by Crippen LogP contribution is -2.46. The second kappa shape index (κ2) is 5.83. The molecule has 1 aromatic rings. The number of carbonyl (C=O) groups is 1. The van der Waals surface area contributed by atoms with E-state index in [4.69, 9.17) is 0 Å². The average molecular weight is 244 g/mol. The molecule has 1 fully saturated rings. The first-order chi connectivity index (χ1) is 8.65. The van der Waals surface area contributed by atoms with E-state index < -0.39 is 0 Å². The second-order valence-electron chi connectivity index (χ2n) is 4.88. The van der Waals surface area contributed by atoms with E-state index in [0.29, 0.717) is 0 Å². The fraction of sp³-hybridized carbons (Fsp3) is 0.400. The predicted octanol–water partition coefficient (Wildman–Crippen LogP) is 1.78. The Balaban J connectivity index is 1.94. The van der Waals surface area contributed by atoms with Gasteiger partial charge in [-0.25, -0.2) is 0 Å². The van der Waals surface area contributed by atoms with E-state index in [1.807, 2.05) is 23.1 Å². The second-order valence-corrected chi connectivity index (χ2v) is 4.88. The molecule has 3 nitrogen and oxygen atoms in total. The molecular weight excluding hydrogens is 224 g/mol. The third-order valence-electron chi connectivity index (χ3n) is 3.28. The number of piperazine rings is 1. The van der Waals surface area contributed by atoms with Gasteiger partial charge < -0.3 is 9.80 Å².